The predicted octanol–water partition coefficient (Wildman–Crippen LogP) is 5.84. The standard InChI is InChI=1S/C20H16Cl2N2O/c1-23-19(21)15-7-3-13(4-8-15)17-11-12-18(25-17)14-5-9-16(10-6-14)20(22)24-2/h3-12H,1-2H3. The molecular weight excluding hydrogens is 355 g/mol. The molecule has 0 fully saturated rings. The lowest BCUT2D eigenvalue weighted by atomic mass is 10.1. The van der Waals surface area contributed by atoms with Gasteiger partial charge in [0.2, 0.25) is 0 Å². The number of benzene rings is 2. The molecule has 0 unspecified atom stereocenters. The Labute approximate surface area is 156 Å². The molecule has 0 aliphatic rings. The topological polar surface area (TPSA) is 37.9 Å². The van der Waals surface area contributed by atoms with Gasteiger partial charge in [0.25, 0.3) is 0 Å². The summed E-state index contributed by atoms with van der Waals surface area (Å²) in [5.41, 5.74) is 3.72. The highest BCUT2D eigenvalue weighted by atomic mass is 35.5. The zero-order valence-electron chi connectivity index (χ0n) is 13.8. The number of nitrogens with zero attached hydrogens (tertiary/aromatic N) is 2. The molecule has 3 rings (SSSR count). The second-order valence-electron chi connectivity index (χ2n) is 5.35. The van der Waals surface area contributed by atoms with Crippen molar-refractivity contribution < 1.29 is 4.42 Å². The van der Waals surface area contributed by atoms with E-state index in [9.17, 15) is 0 Å². The van der Waals surface area contributed by atoms with Crippen LogP contribution < -0.4 is 0 Å². The molecule has 0 N–H and O–H groups in total. The van der Waals surface area contributed by atoms with Crippen molar-refractivity contribution in [2.45, 2.75) is 0 Å². The van der Waals surface area contributed by atoms with E-state index in [0.717, 1.165) is 33.8 Å². The summed E-state index contributed by atoms with van der Waals surface area (Å²) in [6.07, 6.45) is 0. The summed E-state index contributed by atoms with van der Waals surface area (Å²) < 4.78 is 5.98. The second-order valence-corrected chi connectivity index (χ2v) is 6.06. The van der Waals surface area contributed by atoms with Crippen molar-refractivity contribution in [2.75, 3.05) is 14.1 Å². The Morgan fingerprint density at radius 2 is 1.00 bits per heavy atom. The summed E-state index contributed by atoms with van der Waals surface area (Å²) in [5, 5.41) is 0.974. The van der Waals surface area contributed by atoms with Gasteiger partial charge in [0.05, 0.1) is 0 Å². The Morgan fingerprint density at radius 1 is 0.640 bits per heavy atom. The summed E-state index contributed by atoms with van der Waals surface area (Å²) >= 11 is 12.1. The van der Waals surface area contributed by atoms with E-state index >= 15 is 0 Å². The summed E-state index contributed by atoms with van der Waals surface area (Å²) in [7, 11) is 3.33. The average Bonchev–Trinajstić information content (AvgIpc) is 3.17. The lowest BCUT2D eigenvalue weighted by Crippen LogP contribution is -1.90. The number of halogens is 2. The Balaban J connectivity index is 1.85. The number of hydrogen-bond donors (Lipinski definition) is 0. The van der Waals surface area contributed by atoms with Crippen molar-refractivity contribution in [1.29, 1.82) is 0 Å². The van der Waals surface area contributed by atoms with Crippen LogP contribution in [0.4, 0.5) is 0 Å². The third-order valence-electron chi connectivity index (χ3n) is 3.81. The normalized spacial score (nSPS) is 12.5. The minimum Gasteiger partial charge on any atom is -0.456 e. The van der Waals surface area contributed by atoms with Crippen molar-refractivity contribution in [3.63, 3.8) is 0 Å². The van der Waals surface area contributed by atoms with Gasteiger partial charge >= 0.3 is 0 Å². The van der Waals surface area contributed by atoms with E-state index in [1.807, 2.05) is 60.7 Å². The Morgan fingerprint density at radius 3 is 1.32 bits per heavy atom. The highest BCUT2D eigenvalue weighted by Gasteiger charge is 2.08. The summed E-state index contributed by atoms with van der Waals surface area (Å²) in [5.74, 6) is 1.59. The molecule has 25 heavy (non-hydrogen) atoms. The van der Waals surface area contributed by atoms with Crippen molar-refractivity contribution in [1.82, 2.24) is 0 Å². The smallest absolute Gasteiger partial charge is 0.134 e. The molecule has 1 aromatic heterocycles. The van der Waals surface area contributed by atoms with Gasteiger partial charge in [-0.15, -0.1) is 0 Å². The van der Waals surface area contributed by atoms with Gasteiger partial charge in [0.15, 0.2) is 0 Å². The molecule has 0 saturated heterocycles. The monoisotopic (exact) mass is 370 g/mol. The quantitative estimate of drug-likeness (QED) is 0.531. The Bertz CT molecular complexity index is 847. The van der Waals surface area contributed by atoms with E-state index in [-0.39, 0.29) is 0 Å². The molecule has 0 atom stereocenters. The first kappa shape index (κ1) is 17.5. The van der Waals surface area contributed by atoms with Crippen molar-refractivity contribution in [2.24, 2.45) is 9.98 Å². The van der Waals surface area contributed by atoms with Crippen LogP contribution in [0, 0.1) is 0 Å². The van der Waals surface area contributed by atoms with Crippen LogP contribution in [0.3, 0.4) is 0 Å². The van der Waals surface area contributed by atoms with Gasteiger partial charge in [-0.25, -0.2) is 0 Å². The van der Waals surface area contributed by atoms with Crippen molar-refractivity contribution in [3.05, 3.63) is 71.8 Å². The number of furan rings is 1. The van der Waals surface area contributed by atoms with Gasteiger partial charge in [0.1, 0.15) is 21.9 Å². The van der Waals surface area contributed by atoms with E-state index in [4.69, 9.17) is 27.6 Å². The van der Waals surface area contributed by atoms with E-state index < -0.39 is 0 Å². The number of hydrogen-bond acceptors (Lipinski definition) is 3. The Kier molecular flexibility index (Phi) is 5.37. The van der Waals surface area contributed by atoms with Gasteiger partial charge in [-0.3, -0.25) is 9.98 Å². The molecule has 0 aliphatic carbocycles. The lowest BCUT2D eigenvalue weighted by Gasteiger charge is -2.02. The zero-order chi connectivity index (χ0) is 17.8. The number of aliphatic imine (C=N–C) groups is 2. The maximum Gasteiger partial charge on any atom is 0.134 e. The predicted molar refractivity (Wildman–Crippen MR) is 106 cm³/mol. The molecule has 5 heteroatoms. The average molecular weight is 371 g/mol. The first-order valence-electron chi connectivity index (χ1n) is 7.68. The van der Waals surface area contributed by atoms with Crippen LogP contribution in [0.5, 0.6) is 0 Å². The van der Waals surface area contributed by atoms with Crippen LogP contribution in [0.15, 0.2) is 75.1 Å². The lowest BCUT2D eigenvalue weighted by molar-refractivity contribution is 0.597. The van der Waals surface area contributed by atoms with Crippen LogP contribution in [-0.4, -0.2) is 24.4 Å². The minimum atomic E-state index is 0.487. The summed E-state index contributed by atoms with van der Waals surface area (Å²) in [6, 6.07) is 19.5. The van der Waals surface area contributed by atoms with E-state index in [1.54, 1.807) is 14.1 Å². The second kappa shape index (κ2) is 7.68. The molecule has 0 bridgehead atoms. The molecule has 2 aromatic carbocycles. The van der Waals surface area contributed by atoms with Gasteiger partial charge in [0, 0.05) is 36.3 Å². The summed E-state index contributed by atoms with van der Waals surface area (Å²) in [4.78, 5) is 7.94. The molecule has 0 spiro atoms. The summed E-state index contributed by atoms with van der Waals surface area (Å²) in [6.45, 7) is 0. The van der Waals surface area contributed by atoms with E-state index in [1.165, 1.54) is 0 Å². The van der Waals surface area contributed by atoms with Crippen molar-refractivity contribution in [3.8, 4) is 22.6 Å². The Hall–Kier alpha value is -2.36. The van der Waals surface area contributed by atoms with E-state index in [0.29, 0.717) is 10.3 Å². The van der Waals surface area contributed by atoms with Gasteiger partial charge in [-0.1, -0.05) is 71.7 Å². The maximum absolute atomic E-state index is 6.03. The van der Waals surface area contributed by atoms with E-state index in [2.05, 4.69) is 9.98 Å². The third-order valence-corrected chi connectivity index (χ3v) is 4.59. The van der Waals surface area contributed by atoms with Gasteiger partial charge in [-0.05, 0) is 12.1 Å². The fourth-order valence-electron chi connectivity index (χ4n) is 2.45. The molecule has 3 aromatic rings. The van der Waals surface area contributed by atoms with Crippen molar-refractivity contribution >= 4 is 33.5 Å². The minimum absolute atomic E-state index is 0.487. The van der Waals surface area contributed by atoms with Crippen LogP contribution in [0.2, 0.25) is 0 Å². The fourth-order valence-corrected chi connectivity index (χ4v) is 2.70. The molecule has 0 saturated carbocycles. The van der Waals surface area contributed by atoms with Crippen LogP contribution in [0.1, 0.15) is 11.1 Å². The first-order valence-corrected chi connectivity index (χ1v) is 8.44. The van der Waals surface area contributed by atoms with Crippen LogP contribution in [0.25, 0.3) is 22.6 Å². The molecule has 0 amide bonds. The van der Waals surface area contributed by atoms with Gasteiger partial charge in [-0.2, -0.15) is 0 Å². The molecular formula is C20H16Cl2N2O. The highest BCUT2D eigenvalue weighted by molar-refractivity contribution is 6.69. The van der Waals surface area contributed by atoms with Crippen LogP contribution >= 0.6 is 23.2 Å². The highest BCUT2D eigenvalue weighted by Crippen LogP contribution is 2.29. The molecule has 1 heterocycles. The largest absolute Gasteiger partial charge is 0.456 e. The maximum atomic E-state index is 6.03. The SMILES string of the molecule is CN=C(Cl)c1ccc(-c2ccc(-c3ccc(C(Cl)=NC)cc3)o2)cc1. The zero-order valence-corrected chi connectivity index (χ0v) is 15.3. The molecule has 0 aliphatic heterocycles. The molecule has 3 nitrogen and oxygen atoms in total. The van der Waals surface area contributed by atoms with Crippen LogP contribution in [-0.2, 0) is 0 Å². The first-order chi connectivity index (χ1) is 12.1. The van der Waals surface area contributed by atoms with Gasteiger partial charge < -0.3 is 4.42 Å². The third kappa shape index (κ3) is 3.84. The fraction of sp³-hybridized carbons (Fsp3) is 0.100. The molecule has 0 radical (unpaired) electrons. The molecule has 126 valence electrons. The number of rotatable bonds is 4.